The third kappa shape index (κ3) is 2.43. The van der Waals surface area contributed by atoms with Crippen molar-refractivity contribution in [2.75, 3.05) is 17.1 Å². The van der Waals surface area contributed by atoms with E-state index in [2.05, 4.69) is 20.1 Å². The maximum absolute atomic E-state index is 12.2. The molecule has 0 aliphatic rings. The molecule has 2 N–H and O–H groups in total. The molecular formula is C10H13N5O2S. The van der Waals surface area contributed by atoms with Crippen LogP contribution in [0.2, 0.25) is 0 Å². The summed E-state index contributed by atoms with van der Waals surface area (Å²) in [6, 6.07) is 3.17. The summed E-state index contributed by atoms with van der Waals surface area (Å²) in [4.78, 5) is 3.90. The number of hydrogen-bond acceptors (Lipinski definition) is 5. The Morgan fingerprint density at radius 3 is 2.72 bits per heavy atom. The molecule has 2 rings (SSSR count). The second-order valence-electron chi connectivity index (χ2n) is 3.60. The Kier molecular flexibility index (Phi) is 3.19. The maximum Gasteiger partial charge on any atom is 0.266 e. The molecule has 0 aliphatic heterocycles. The van der Waals surface area contributed by atoms with Gasteiger partial charge < -0.3 is 5.32 Å². The van der Waals surface area contributed by atoms with E-state index in [-0.39, 0.29) is 10.7 Å². The highest BCUT2D eigenvalue weighted by Crippen LogP contribution is 2.21. The van der Waals surface area contributed by atoms with E-state index in [1.165, 1.54) is 17.1 Å². The number of nitrogens with one attached hydrogen (secondary N) is 2. The molecule has 0 aliphatic carbocycles. The first-order valence-electron chi connectivity index (χ1n) is 5.17. The van der Waals surface area contributed by atoms with Crippen molar-refractivity contribution in [1.82, 2.24) is 14.8 Å². The average molecular weight is 267 g/mol. The fourth-order valence-electron chi connectivity index (χ4n) is 1.46. The van der Waals surface area contributed by atoms with Gasteiger partial charge in [-0.2, -0.15) is 5.10 Å². The van der Waals surface area contributed by atoms with Gasteiger partial charge in [0.2, 0.25) is 0 Å². The molecule has 96 valence electrons. The van der Waals surface area contributed by atoms with E-state index in [1.807, 2.05) is 0 Å². The van der Waals surface area contributed by atoms with E-state index in [0.717, 1.165) is 0 Å². The Balaban J connectivity index is 2.36. The Labute approximate surface area is 105 Å². The van der Waals surface area contributed by atoms with Gasteiger partial charge in [0.25, 0.3) is 10.0 Å². The highest BCUT2D eigenvalue weighted by molar-refractivity contribution is 7.92. The van der Waals surface area contributed by atoms with E-state index in [1.54, 1.807) is 32.4 Å². The molecule has 18 heavy (non-hydrogen) atoms. The molecule has 0 saturated heterocycles. The fourth-order valence-corrected chi connectivity index (χ4v) is 2.62. The lowest BCUT2D eigenvalue weighted by atomic mass is 10.4. The predicted octanol–water partition coefficient (Wildman–Crippen LogP) is 0.658. The molecule has 0 spiro atoms. The number of sulfonamides is 1. The summed E-state index contributed by atoms with van der Waals surface area (Å²) >= 11 is 0. The van der Waals surface area contributed by atoms with Crippen molar-refractivity contribution >= 4 is 21.5 Å². The lowest BCUT2D eigenvalue weighted by Gasteiger charge is -2.09. The number of rotatable bonds is 4. The Morgan fingerprint density at radius 2 is 2.11 bits per heavy atom. The van der Waals surface area contributed by atoms with Gasteiger partial charge in [-0.05, 0) is 6.07 Å². The number of nitrogens with zero attached hydrogens (tertiary/aromatic N) is 3. The molecule has 2 aromatic rings. The summed E-state index contributed by atoms with van der Waals surface area (Å²) in [6.07, 6.45) is 4.46. The molecule has 0 unspecified atom stereocenters. The molecule has 0 aromatic carbocycles. The van der Waals surface area contributed by atoms with Crippen LogP contribution in [0.5, 0.6) is 0 Å². The van der Waals surface area contributed by atoms with Gasteiger partial charge in [0.1, 0.15) is 4.90 Å². The Bertz CT molecular complexity index is 650. The number of pyridine rings is 1. The van der Waals surface area contributed by atoms with E-state index in [0.29, 0.717) is 5.69 Å². The van der Waals surface area contributed by atoms with Gasteiger partial charge in [-0.3, -0.25) is 14.4 Å². The molecule has 8 heteroatoms. The van der Waals surface area contributed by atoms with Gasteiger partial charge in [-0.25, -0.2) is 8.42 Å². The SMILES string of the molecule is CNc1ccncc1S(=O)(=O)Nc1ccn(C)n1. The summed E-state index contributed by atoms with van der Waals surface area (Å²) in [7, 11) is -0.336. The van der Waals surface area contributed by atoms with Crippen LogP contribution in [-0.2, 0) is 17.1 Å². The van der Waals surface area contributed by atoms with Crippen LogP contribution < -0.4 is 10.0 Å². The molecule has 0 bridgehead atoms. The lowest BCUT2D eigenvalue weighted by Crippen LogP contribution is -2.15. The normalized spacial score (nSPS) is 11.2. The second kappa shape index (κ2) is 4.65. The van der Waals surface area contributed by atoms with Crippen LogP contribution in [-0.4, -0.2) is 30.2 Å². The van der Waals surface area contributed by atoms with Crippen LogP contribution in [0.3, 0.4) is 0 Å². The van der Waals surface area contributed by atoms with Crippen LogP contribution in [0.15, 0.2) is 35.6 Å². The third-order valence-corrected chi connectivity index (χ3v) is 3.68. The third-order valence-electron chi connectivity index (χ3n) is 2.30. The molecule has 2 heterocycles. The minimum Gasteiger partial charge on any atom is -0.387 e. The smallest absolute Gasteiger partial charge is 0.266 e. The first-order chi connectivity index (χ1) is 8.53. The first-order valence-corrected chi connectivity index (χ1v) is 6.65. The zero-order valence-electron chi connectivity index (χ0n) is 9.95. The van der Waals surface area contributed by atoms with Gasteiger partial charge >= 0.3 is 0 Å². The number of aryl methyl sites for hydroxylation is 1. The molecular weight excluding hydrogens is 254 g/mol. The van der Waals surface area contributed by atoms with Crippen molar-refractivity contribution in [1.29, 1.82) is 0 Å². The summed E-state index contributed by atoms with van der Waals surface area (Å²) in [5, 5.41) is 6.77. The first kappa shape index (κ1) is 12.4. The quantitative estimate of drug-likeness (QED) is 0.849. The second-order valence-corrected chi connectivity index (χ2v) is 5.25. The number of aromatic nitrogens is 3. The van der Waals surface area contributed by atoms with E-state index in [4.69, 9.17) is 0 Å². The largest absolute Gasteiger partial charge is 0.387 e. The van der Waals surface area contributed by atoms with E-state index in [9.17, 15) is 8.42 Å². The van der Waals surface area contributed by atoms with Gasteiger partial charge in [0, 0.05) is 38.8 Å². The standard InChI is InChI=1S/C10H13N5O2S/c1-11-8-3-5-12-7-9(8)18(16,17)14-10-4-6-15(2)13-10/h3-7H,1-2H3,(H,11,12)(H,13,14). The van der Waals surface area contributed by atoms with E-state index >= 15 is 0 Å². The highest BCUT2D eigenvalue weighted by Gasteiger charge is 2.19. The number of anilines is 2. The zero-order chi connectivity index (χ0) is 13.2. The number of hydrogen-bond donors (Lipinski definition) is 2. The predicted molar refractivity (Wildman–Crippen MR) is 67.8 cm³/mol. The van der Waals surface area contributed by atoms with Gasteiger partial charge in [-0.15, -0.1) is 0 Å². The van der Waals surface area contributed by atoms with Gasteiger partial charge in [-0.1, -0.05) is 0 Å². The molecule has 2 aromatic heterocycles. The van der Waals surface area contributed by atoms with Gasteiger partial charge in [0.05, 0.1) is 5.69 Å². The molecule has 7 nitrogen and oxygen atoms in total. The molecule has 0 saturated carbocycles. The maximum atomic E-state index is 12.2. The highest BCUT2D eigenvalue weighted by atomic mass is 32.2. The van der Waals surface area contributed by atoms with Crippen LogP contribution in [0, 0.1) is 0 Å². The van der Waals surface area contributed by atoms with Crippen LogP contribution in [0.4, 0.5) is 11.5 Å². The summed E-state index contributed by atoms with van der Waals surface area (Å²) in [6.45, 7) is 0. The monoisotopic (exact) mass is 267 g/mol. The van der Waals surface area contributed by atoms with Crippen molar-refractivity contribution in [3.63, 3.8) is 0 Å². The van der Waals surface area contributed by atoms with Gasteiger partial charge in [0.15, 0.2) is 5.82 Å². The Hall–Kier alpha value is -2.09. The van der Waals surface area contributed by atoms with Crippen molar-refractivity contribution < 1.29 is 8.42 Å². The minimum atomic E-state index is -3.69. The fraction of sp³-hybridized carbons (Fsp3) is 0.200. The molecule has 0 radical (unpaired) electrons. The molecule has 0 fully saturated rings. The minimum absolute atomic E-state index is 0.0816. The molecule has 0 amide bonds. The van der Waals surface area contributed by atoms with Crippen molar-refractivity contribution in [2.45, 2.75) is 4.90 Å². The lowest BCUT2D eigenvalue weighted by molar-refractivity contribution is 0.600. The summed E-state index contributed by atoms with van der Waals surface area (Å²) in [5.41, 5.74) is 0.480. The average Bonchev–Trinajstić information content (AvgIpc) is 2.74. The summed E-state index contributed by atoms with van der Waals surface area (Å²) in [5.74, 6) is 0.267. The molecule has 0 atom stereocenters. The Morgan fingerprint density at radius 1 is 1.33 bits per heavy atom. The van der Waals surface area contributed by atoms with Crippen molar-refractivity contribution in [3.05, 3.63) is 30.7 Å². The zero-order valence-corrected chi connectivity index (χ0v) is 10.8. The van der Waals surface area contributed by atoms with Crippen molar-refractivity contribution in [2.24, 2.45) is 7.05 Å². The summed E-state index contributed by atoms with van der Waals surface area (Å²) < 4.78 is 28.2. The van der Waals surface area contributed by atoms with Crippen molar-refractivity contribution in [3.8, 4) is 0 Å². The van der Waals surface area contributed by atoms with E-state index < -0.39 is 10.0 Å². The topological polar surface area (TPSA) is 88.9 Å². The van der Waals surface area contributed by atoms with Crippen LogP contribution >= 0.6 is 0 Å². The van der Waals surface area contributed by atoms with Crippen LogP contribution in [0.25, 0.3) is 0 Å². The van der Waals surface area contributed by atoms with Crippen LogP contribution in [0.1, 0.15) is 0 Å².